The van der Waals surface area contributed by atoms with Crippen LogP contribution in [0.2, 0.25) is 0 Å². The summed E-state index contributed by atoms with van der Waals surface area (Å²) in [6, 6.07) is 9.83. The second-order valence-electron chi connectivity index (χ2n) is 6.25. The van der Waals surface area contributed by atoms with Gasteiger partial charge in [-0.2, -0.15) is 0 Å². The van der Waals surface area contributed by atoms with E-state index in [1.54, 1.807) is 6.26 Å². The maximum atomic E-state index is 10.7. The highest BCUT2D eigenvalue weighted by Crippen LogP contribution is 2.35. The third-order valence-corrected chi connectivity index (χ3v) is 4.50. The first-order valence-corrected chi connectivity index (χ1v) is 8.27. The monoisotopic (exact) mass is 326 g/mol. The molecule has 2 atom stereocenters. The highest BCUT2D eigenvalue weighted by Gasteiger charge is 2.27. The predicted octanol–water partition coefficient (Wildman–Crippen LogP) is 4.34. The lowest BCUT2D eigenvalue weighted by molar-refractivity contribution is -0.136. The van der Waals surface area contributed by atoms with E-state index in [2.05, 4.69) is 12.2 Å². The number of carboxylic acids is 1. The maximum absolute atomic E-state index is 10.7. The minimum Gasteiger partial charge on any atom is -0.493 e. The average Bonchev–Trinajstić information content (AvgIpc) is 3.22. The van der Waals surface area contributed by atoms with Crippen LogP contribution in [-0.2, 0) is 11.2 Å². The Morgan fingerprint density at radius 1 is 1.38 bits per heavy atom. The molecule has 1 aromatic carbocycles. The molecule has 2 aromatic rings. The number of carboxylic acid groups (broad SMARTS) is 1. The molecular weight excluding hydrogens is 304 g/mol. The number of hydrogen-bond donors (Lipinski definition) is 1. The zero-order valence-electron chi connectivity index (χ0n) is 13.8. The Balaban J connectivity index is 1.60. The second kappa shape index (κ2) is 7.39. The number of aryl methyl sites for hydroxylation is 2. The highest BCUT2D eigenvalue weighted by molar-refractivity contribution is 5.67. The summed E-state index contributed by atoms with van der Waals surface area (Å²) in [6.07, 6.45) is 7.77. The minimum atomic E-state index is -0.773. The zero-order valence-corrected chi connectivity index (χ0v) is 13.8. The Labute approximate surface area is 141 Å². The van der Waals surface area contributed by atoms with E-state index in [-0.39, 0.29) is 6.42 Å². The molecule has 126 valence electrons. The van der Waals surface area contributed by atoms with Crippen LogP contribution < -0.4 is 4.74 Å². The third-order valence-electron chi connectivity index (χ3n) is 4.50. The summed E-state index contributed by atoms with van der Waals surface area (Å²) in [7, 11) is 0. The summed E-state index contributed by atoms with van der Waals surface area (Å²) in [5.74, 6) is 1.74. The molecule has 0 aliphatic heterocycles. The fourth-order valence-electron chi connectivity index (χ4n) is 3.18. The highest BCUT2D eigenvalue weighted by atomic mass is 16.5. The first-order chi connectivity index (χ1) is 11.6. The third kappa shape index (κ3) is 3.88. The fraction of sp³-hybridized carbons (Fsp3) is 0.350. The lowest BCUT2D eigenvalue weighted by atomic mass is 9.94. The Morgan fingerprint density at radius 2 is 2.25 bits per heavy atom. The van der Waals surface area contributed by atoms with Crippen LogP contribution in [0.25, 0.3) is 0 Å². The molecule has 1 N–H and O–H groups in total. The quantitative estimate of drug-likeness (QED) is 0.769. The van der Waals surface area contributed by atoms with E-state index < -0.39 is 5.97 Å². The van der Waals surface area contributed by atoms with Gasteiger partial charge in [0.1, 0.15) is 11.5 Å². The molecule has 0 radical (unpaired) electrons. The Morgan fingerprint density at radius 3 is 2.96 bits per heavy atom. The van der Waals surface area contributed by atoms with Crippen LogP contribution in [0.4, 0.5) is 0 Å². The molecule has 0 saturated heterocycles. The van der Waals surface area contributed by atoms with Crippen LogP contribution in [0.5, 0.6) is 5.75 Å². The SMILES string of the molecule is Cc1cc(CCC(=O)O)ccc1OCC1C=CCC1c1ccco1. The van der Waals surface area contributed by atoms with Crippen molar-refractivity contribution in [1.82, 2.24) is 0 Å². The normalized spacial score (nSPS) is 19.5. The van der Waals surface area contributed by atoms with Crippen LogP contribution in [0.3, 0.4) is 0 Å². The maximum Gasteiger partial charge on any atom is 0.303 e. The minimum absolute atomic E-state index is 0.150. The lowest BCUT2D eigenvalue weighted by Gasteiger charge is -2.19. The molecule has 1 aliphatic rings. The molecule has 1 aliphatic carbocycles. The largest absolute Gasteiger partial charge is 0.493 e. The van der Waals surface area contributed by atoms with Crippen LogP contribution in [0.15, 0.2) is 53.2 Å². The molecule has 1 heterocycles. The number of furan rings is 1. The lowest BCUT2D eigenvalue weighted by Crippen LogP contribution is -2.15. The van der Waals surface area contributed by atoms with Crippen molar-refractivity contribution in [2.24, 2.45) is 5.92 Å². The molecule has 2 unspecified atom stereocenters. The van der Waals surface area contributed by atoms with Crippen LogP contribution in [0, 0.1) is 12.8 Å². The molecule has 0 bridgehead atoms. The van der Waals surface area contributed by atoms with Crippen molar-refractivity contribution >= 4 is 5.97 Å². The number of benzene rings is 1. The fourth-order valence-corrected chi connectivity index (χ4v) is 3.18. The van der Waals surface area contributed by atoms with Gasteiger partial charge in [0.05, 0.1) is 12.9 Å². The van der Waals surface area contributed by atoms with Crippen molar-refractivity contribution in [3.05, 3.63) is 65.6 Å². The van der Waals surface area contributed by atoms with Gasteiger partial charge in [-0.3, -0.25) is 4.79 Å². The molecule has 1 aromatic heterocycles. The van der Waals surface area contributed by atoms with E-state index in [1.165, 1.54) is 0 Å². The summed E-state index contributed by atoms with van der Waals surface area (Å²) in [4.78, 5) is 10.7. The van der Waals surface area contributed by atoms with E-state index in [0.717, 1.165) is 29.1 Å². The summed E-state index contributed by atoms with van der Waals surface area (Å²) in [6.45, 7) is 2.60. The number of ether oxygens (including phenoxy) is 1. The predicted molar refractivity (Wildman–Crippen MR) is 91.3 cm³/mol. The Hall–Kier alpha value is -2.49. The van der Waals surface area contributed by atoms with E-state index in [0.29, 0.717) is 24.9 Å². The molecule has 0 spiro atoms. The van der Waals surface area contributed by atoms with E-state index in [4.69, 9.17) is 14.3 Å². The van der Waals surface area contributed by atoms with E-state index >= 15 is 0 Å². The molecule has 0 saturated carbocycles. The van der Waals surface area contributed by atoms with Gasteiger partial charge in [-0.25, -0.2) is 0 Å². The van der Waals surface area contributed by atoms with Gasteiger partial charge < -0.3 is 14.3 Å². The first kappa shape index (κ1) is 16.4. The van der Waals surface area contributed by atoms with Crippen molar-refractivity contribution in [2.75, 3.05) is 6.61 Å². The van der Waals surface area contributed by atoms with Gasteiger partial charge in [-0.1, -0.05) is 24.3 Å². The van der Waals surface area contributed by atoms with Gasteiger partial charge in [-0.15, -0.1) is 0 Å². The first-order valence-electron chi connectivity index (χ1n) is 8.27. The van der Waals surface area contributed by atoms with E-state index in [1.807, 2.05) is 37.3 Å². The summed E-state index contributed by atoms with van der Waals surface area (Å²) in [5.41, 5.74) is 2.06. The van der Waals surface area contributed by atoms with Gasteiger partial charge in [0.15, 0.2) is 0 Å². The van der Waals surface area contributed by atoms with Crippen LogP contribution >= 0.6 is 0 Å². The van der Waals surface area contributed by atoms with Gasteiger partial charge >= 0.3 is 5.97 Å². The van der Waals surface area contributed by atoms with Crippen molar-refractivity contribution in [2.45, 2.75) is 32.1 Å². The van der Waals surface area contributed by atoms with Crippen molar-refractivity contribution in [3.8, 4) is 5.75 Å². The molecule has 24 heavy (non-hydrogen) atoms. The number of carbonyl (C=O) groups is 1. The molecule has 3 rings (SSSR count). The number of rotatable bonds is 7. The van der Waals surface area contributed by atoms with Gasteiger partial charge in [0.25, 0.3) is 0 Å². The topological polar surface area (TPSA) is 59.7 Å². The van der Waals surface area contributed by atoms with Crippen LogP contribution in [-0.4, -0.2) is 17.7 Å². The van der Waals surface area contributed by atoms with Gasteiger partial charge in [0.2, 0.25) is 0 Å². The van der Waals surface area contributed by atoms with Crippen molar-refractivity contribution in [1.29, 1.82) is 0 Å². The van der Waals surface area contributed by atoms with E-state index in [9.17, 15) is 4.79 Å². The van der Waals surface area contributed by atoms with Gasteiger partial charge in [0, 0.05) is 18.3 Å². The molecular formula is C20H22O4. The zero-order chi connectivity index (χ0) is 16.9. The van der Waals surface area contributed by atoms with Crippen LogP contribution in [0.1, 0.15) is 35.6 Å². The summed E-state index contributed by atoms with van der Waals surface area (Å²) in [5, 5.41) is 8.77. The number of allylic oxidation sites excluding steroid dienone is 1. The molecule has 4 heteroatoms. The number of aliphatic carboxylic acids is 1. The smallest absolute Gasteiger partial charge is 0.303 e. The molecule has 4 nitrogen and oxygen atoms in total. The Bertz CT molecular complexity index is 715. The second-order valence-corrected chi connectivity index (χ2v) is 6.25. The standard InChI is InChI=1S/C20H22O4/c1-14-12-15(8-10-20(21)22)7-9-18(14)24-13-16-4-2-5-17(16)19-6-3-11-23-19/h2-4,6-7,9,11-12,16-17H,5,8,10,13H2,1H3,(H,21,22). The summed E-state index contributed by atoms with van der Waals surface area (Å²) < 4.78 is 11.6. The number of hydrogen-bond acceptors (Lipinski definition) is 3. The summed E-state index contributed by atoms with van der Waals surface area (Å²) >= 11 is 0. The molecule has 0 amide bonds. The average molecular weight is 326 g/mol. The Kier molecular flexibility index (Phi) is 5.04. The van der Waals surface area contributed by atoms with Gasteiger partial charge in [-0.05, 0) is 49.1 Å². The molecule has 0 fully saturated rings. The van der Waals surface area contributed by atoms with Crippen molar-refractivity contribution in [3.63, 3.8) is 0 Å². The van der Waals surface area contributed by atoms with Crippen molar-refractivity contribution < 1.29 is 19.1 Å².